The molecule has 27 heavy (non-hydrogen) atoms. The van der Waals surface area contributed by atoms with Crippen LogP contribution >= 0.6 is 12.2 Å². The second-order valence-corrected chi connectivity index (χ2v) is 6.62. The van der Waals surface area contributed by atoms with Crippen molar-refractivity contribution in [1.82, 2.24) is 14.9 Å². The lowest BCUT2D eigenvalue weighted by molar-refractivity contribution is 0.269. The van der Waals surface area contributed by atoms with E-state index in [2.05, 4.69) is 46.8 Å². The van der Waals surface area contributed by atoms with Gasteiger partial charge in [-0.25, -0.2) is 4.68 Å². The zero-order valence-electron chi connectivity index (χ0n) is 15.8. The number of hydrogen-bond donors (Lipinski definition) is 2. The third-order valence-electron chi connectivity index (χ3n) is 4.10. The first kappa shape index (κ1) is 19.0. The second-order valence-electron chi connectivity index (χ2n) is 6.23. The van der Waals surface area contributed by atoms with Gasteiger partial charge in [0.25, 0.3) is 0 Å². The molecule has 3 aromatic rings. The number of benzene rings is 2. The molecule has 142 valence electrons. The van der Waals surface area contributed by atoms with E-state index in [1.807, 2.05) is 32.0 Å². The quantitative estimate of drug-likeness (QED) is 0.568. The summed E-state index contributed by atoms with van der Waals surface area (Å²) in [5, 5.41) is 6.84. The number of nitrogens with zero attached hydrogens (tertiary/aromatic N) is 2. The number of hydrogen-bond acceptors (Lipinski definition) is 5. The molecule has 0 saturated heterocycles. The molecule has 0 spiro atoms. The number of rotatable bonds is 8. The van der Waals surface area contributed by atoms with Crippen molar-refractivity contribution >= 4 is 12.2 Å². The van der Waals surface area contributed by atoms with Crippen molar-refractivity contribution in [3.63, 3.8) is 0 Å². The van der Waals surface area contributed by atoms with Gasteiger partial charge in [-0.3, -0.25) is 5.10 Å². The van der Waals surface area contributed by atoms with Gasteiger partial charge < -0.3 is 14.9 Å². The lowest BCUT2D eigenvalue weighted by Crippen LogP contribution is -2.16. The zero-order valence-corrected chi connectivity index (χ0v) is 16.6. The molecule has 6 nitrogen and oxygen atoms in total. The first-order valence-electron chi connectivity index (χ1n) is 8.88. The standard InChI is InChI=1S/C20H24N4O2S/c1-4-25-19-11-17(12-21-24-15(3)22-23-20(24)27)9-10-18(19)26-13-16-7-5-14(2)6-8-16/h5-11,21H,4,12-13H2,1-3H3,(H,23,27). The summed E-state index contributed by atoms with van der Waals surface area (Å²) in [6.07, 6.45) is 0. The van der Waals surface area contributed by atoms with E-state index in [1.165, 1.54) is 5.56 Å². The van der Waals surface area contributed by atoms with E-state index < -0.39 is 0 Å². The Hall–Kier alpha value is -2.80. The normalized spacial score (nSPS) is 10.6. The van der Waals surface area contributed by atoms with Crippen LogP contribution in [0.5, 0.6) is 11.5 Å². The van der Waals surface area contributed by atoms with E-state index in [9.17, 15) is 0 Å². The fourth-order valence-electron chi connectivity index (χ4n) is 2.63. The Morgan fingerprint density at radius 2 is 1.78 bits per heavy atom. The SMILES string of the molecule is CCOc1cc(CNn2c(C)n[nH]c2=S)ccc1OCc1ccc(C)cc1. The van der Waals surface area contributed by atoms with E-state index in [4.69, 9.17) is 21.7 Å². The molecular weight excluding hydrogens is 360 g/mol. The molecule has 1 heterocycles. The van der Waals surface area contributed by atoms with Crippen LogP contribution in [0.15, 0.2) is 42.5 Å². The Kier molecular flexibility index (Phi) is 6.13. The summed E-state index contributed by atoms with van der Waals surface area (Å²) < 4.78 is 14.0. The van der Waals surface area contributed by atoms with Gasteiger partial charge in [0.15, 0.2) is 11.5 Å². The number of aryl methyl sites for hydroxylation is 2. The van der Waals surface area contributed by atoms with E-state index in [-0.39, 0.29) is 0 Å². The molecule has 2 N–H and O–H groups in total. The van der Waals surface area contributed by atoms with Crippen molar-refractivity contribution in [2.75, 3.05) is 12.0 Å². The molecule has 7 heteroatoms. The predicted octanol–water partition coefficient (Wildman–Crippen LogP) is 4.28. The lowest BCUT2D eigenvalue weighted by Gasteiger charge is -2.14. The van der Waals surface area contributed by atoms with E-state index in [0.29, 0.717) is 24.5 Å². The summed E-state index contributed by atoms with van der Waals surface area (Å²) in [5.74, 6) is 2.25. The van der Waals surface area contributed by atoms with Gasteiger partial charge in [0, 0.05) is 0 Å². The molecule has 2 aromatic carbocycles. The average molecular weight is 385 g/mol. The molecule has 0 saturated carbocycles. The minimum atomic E-state index is 0.501. The summed E-state index contributed by atoms with van der Waals surface area (Å²) in [6.45, 7) is 7.58. The van der Waals surface area contributed by atoms with Crippen molar-refractivity contribution in [3.05, 3.63) is 69.8 Å². The van der Waals surface area contributed by atoms with Gasteiger partial charge in [0.1, 0.15) is 12.4 Å². The minimum Gasteiger partial charge on any atom is -0.490 e. The van der Waals surface area contributed by atoms with Crippen molar-refractivity contribution < 1.29 is 9.47 Å². The topological polar surface area (TPSA) is 64.1 Å². The predicted molar refractivity (Wildman–Crippen MR) is 108 cm³/mol. The van der Waals surface area contributed by atoms with Crippen LogP contribution in [-0.4, -0.2) is 21.5 Å². The maximum Gasteiger partial charge on any atom is 0.214 e. The van der Waals surface area contributed by atoms with Gasteiger partial charge in [-0.15, -0.1) is 0 Å². The largest absolute Gasteiger partial charge is 0.490 e. The van der Waals surface area contributed by atoms with Crippen LogP contribution in [0.3, 0.4) is 0 Å². The van der Waals surface area contributed by atoms with Crippen LogP contribution in [-0.2, 0) is 13.2 Å². The highest BCUT2D eigenvalue weighted by Crippen LogP contribution is 2.29. The molecule has 0 aliphatic rings. The summed E-state index contributed by atoms with van der Waals surface area (Å²) in [5.41, 5.74) is 6.67. The monoisotopic (exact) mass is 384 g/mol. The van der Waals surface area contributed by atoms with Gasteiger partial charge in [0.05, 0.1) is 13.2 Å². The van der Waals surface area contributed by atoms with Crippen molar-refractivity contribution in [3.8, 4) is 11.5 Å². The number of ether oxygens (including phenoxy) is 2. The third-order valence-corrected chi connectivity index (χ3v) is 4.38. The Bertz CT molecular complexity index is 947. The first-order valence-corrected chi connectivity index (χ1v) is 9.29. The first-order chi connectivity index (χ1) is 13.1. The van der Waals surface area contributed by atoms with E-state index in [1.54, 1.807) is 4.68 Å². The average Bonchev–Trinajstić information content (AvgIpc) is 2.99. The number of H-pyrrole nitrogens is 1. The minimum absolute atomic E-state index is 0.501. The molecule has 0 unspecified atom stereocenters. The van der Waals surface area contributed by atoms with Gasteiger partial charge >= 0.3 is 0 Å². The Morgan fingerprint density at radius 3 is 2.44 bits per heavy atom. The van der Waals surface area contributed by atoms with E-state index >= 15 is 0 Å². The van der Waals surface area contributed by atoms with Crippen molar-refractivity contribution in [2.45, 2.75) is 33.9 Å². The molecule has 0 radical (unpaired) electrons. The summed E-state index contributed by atoms with van der Waals surface area (Å²) in [4.78, 5) is 0. The molecule has 0 amide bonds. The summed E-state index contributed by atoms with van der Waals surface area (Å²) in [6, 6.07) is 14.3. The van der Waals surface area contributed by atoms with E-state index in [0.717, 1.165) is 28.5 Å². The number of aromatic amines is 1. The van der Waals surface area contributed by atoms with Crippen LogP contribution in [0.4, 0.5) is 0 Å². The second kappa shape index (κ2) is 8.73. The van der Waals surface area contributed by atoms with Crippen LogP contribution in [0.1, 0.15) is 29.4 Å². The van der Waals surface area contributed by atoms with Crippen LogP contribution < -0.4 is 14.9 Å². The molecule has 1 aromatic heterocycles. The number of nitrogens with one attached hydrogen (secondary N) is 2. The number of aromatic nitrogens is 3. The summed E-state index contributed by atoms with van der Waals surface area (Å²) >= 11 is 5.20. The van der Waals surface area contributed by atoms with Crippen molar-refractivity contribution in [1.29, 1.82) is 0 Å². The molecule has 0 aliphatic heterocycles. The highest BCUT2D eigenvalue weighted by atomic mass is 32.1. The van der Waals surface area contributed by atoms with Crippen LogP contribution in [0.25, 0.3) is 0 Å². The third kappa shape index (κ3) is 4.89. The fraction of sp³-hybridized carbons (Fsp3) is 0.300. The maximum absolute atomic E-state index is 5.98. The lowest BCUT2D eigenvalue weighted by atomic mass is 10.1. The molecule has 0 bridgehead atoms. The van der Waals surface area contributed by atoms with Gasteiger partial charge in [0.2, 0.25) is 4.77 Å². The van der Waals surface area contributed by atoms with Gasteiger partial charge in [-0.1, -0.05) is 35.9 Å². The molecule has 0 aliphatic carbocycles. The zero-order chi connectivity index (χ0) is 19.2. The van der Waals surface area contributed by atoms with Crippen LogP contribution in [0.2, 0.25) is 0 Å². The highest BCUT2D eigenvalue weighted by molar-refractivity contribution is 7.71. The fourth-order valence-corrected chi connectivity index (χ4v) is 2.87. The Labute approximate surface area is 164 Å². The van der Waals surface area contributed by atoms with Crippen LogP contribution in [0, 0.1) is 18.6 Å². The molecule has 3 rings (SSSR count). The van der Waals surface area contributed by atoms with Crippen molar-refractivity contribution in [2.24, 2.45) is 0 Å². The van der Waals surface area contributed by atoms with Gasteiger partial charge in [-0.05, 0) is 56.2 Å². The highest BCUT2D eigenvalue weighted by Gasteiger charge is 2.08. The Morgan fingerprint density at radius 1 is 1.04 bits per heavy atom. The molecule has 0 fully saturated rings. The molecule has 0 atom stereocenters. The Balaban J connectivity index is 1.70. The molecular formula is C20H24N4O2S. The maximum atomic E-state index is 5.98. The van der Waals surface area contributed by atoms with Gasteiger partial charge in [-0.2, -0.15) is 5.10 Å². The smallest absolute Gasteiger partial charge is 0.214 e. The summed E-state index contributed by atoms with van der Waals surface area (Å²) in [7, 11) is 0.